The zero-order valence-electron chi connectivity index (χ0n) is 10.6. The van der Waals surface area contributed by atoms with Gasteiger partial charge in [0.15, 0.2) is 0 Å². The van der Waals surface area contributed by atoms with E-state index < -0.39 is 0 Å². The van der Waals surface area contributed by atoms with Crippen molar-refractivity contribution in [1.82, 2.24) is 0 Å². The van der Waals surface area contributed by atoms with Crippen LogP contribution >= 0.6 is 0 Å². The summed E-state index contributed by atoms with van der Waals surface area (Å²) in [7, 11) is 0. The lowest BCUT2D eigenvalue weighted by Crippen LogP contribution is -2.47. The summed E-state index contributed by atoms with van der Waals surface area (Å²) in [5.74, 6) is 3.26. The maximum atomic E-state index is 2.33. The Morgan fingerprint density at radius 2 is 1.35 bits per heavy atom. The van der Waals surface area contributed by atoms with Crippen LogP contribution in [0.25, 0.3) is 0 Å². The molecule has 4 fully saturated rings. The summed E-state index contributed by atoms with van der Waals surface area (Å²) in [6.07, 6.45) is 10.7. The van der Waals surface area contributed by atoms with Crippen LogP contribution in [0.5, 0.6) is 0 Å². The van der Waals surface area contributed by atoms with Gasteiger partial charge in [-0.2, -0.15) is 0 Å². The summed E-state index contributed by atoms with van der Waals surface area (Å²) in [5.41, 5.74) is 2.28. The standard InChI is InChI=1S/C17H22/c1-2-4-13(5-3-1)9-17-10-14-6-15(11-17)8-16(7-14)12-17/h1-5,14-16H,6-12H2. The third-order valence-electron chi connectivity index (χ3n) is 5.59. The van der Waals surface area contributed by atoms with Gasteiger partial charge in [-0.15, -0.1) is 0 Å². The van der Waals surface area contributed by atoms with E-state index in [9.17, 15) is 0 Å². The van der Waals surface area contributed by atoms with Crippen molar-refractivity contribution < 1.29 is 0 Å². The molecule has 4 aliphatic rings. The summed E-state index contributed by atoms with van der Waals surface area (Å²) in [4.78, 5) is 0. The normalized spacial score (nSPS) is 42.9. The van der Waals surface area contributed by atoms with Crippen LogP contribution in [0.2, 0.25) is 0 Å². The molecule has 4 aliphatic carbocycles. The smallest absolute Gasteiger partial charge is 0.0222 e. The molecule has 5 rings (SSSR count). The fourth-order valence-corrected chi connectivity index (χ4v) is 5.54. The lowest BCUT2D eigenvalue weighted by molar-refractivity contribution is -0.0521. The van der Waals surface area contributed by atoms with Crippen molar-refractivity contribution in [1.29, 1.82) is 0 Å². The highest BCUT2D eigenvalue weighted by Gasteiger charge is 2.50. The van der Waals surface area contributed by atoms with E-state index in [1.54, 1.807) is 24.8 Å². The molecule has 90 valence electrons. The fraction of sp³-hybridized carbons (Fsp3) is 0.647. The van der Waals surface area contributed by atoms with E-state index in [1.165, 1.54) is 25.7 Å². The van der Waals surface area contributed by atoms with Gasteiger partial charge < -0.3 is 0 Å². The van der Waals surface area contributed by atoms with Crippen molar-refractivity contribution in [3.8, 4) is 0 Å². The third kappa shape index (κ3) is 1.73. The number of hydrogen-bond donors (Lipinski definition) is 0. The van der Waals surface area contributed by atoms with Crippen LogP contribution in [0.1, 0.15) is 44.1 Å². The van der Waals surface area contributed by atoms with Crippen LogP contribution in [-0.2, 0) is 6.42 Å². The number of benzene rings is 1. The van der Waals surface area contributed by atoms with Crippen molar-refractivity contribution in [2.45, 2.75) is 44.9 Å². The minimum Gasteiger partial charge on any atom is -0.0622 e. The average Bonchev–Trinajstić information content (AvgIpc) is 2.27. The Morgan fingerprint density at radius 3 is 1.88 bits per heavy atom. The Balaban J connectivity index is 1.61. The lowest BCUT2D eigenvalue weighted by atomic mass is 9.48. The van der Waals surface area contributed by atoms with E-state index in [1.807, 2.05) is 0 Å². The zero-order valence-corrected chi connectivity index (χ0v) is 10.6. The highest BCUT2D eigenvalue weighted by molar-refractivity contribution is 5.18. The van der Waals surface area contributed by atoms with Gasteiger partial charge in [-0.1, -0.05) is 30.3 Å². The van der Waals surface area contributed by atoms with Gasteiger partial charge in [0.2, 0.25) is 0 Å². The molecule has 1 aromatic rings. The van der Waals surface area contributed by atoms with Gasteiger partial charge in [0.1, 0.15) is 0 Å². The molecule has 0 spiro atoms. The van der Waals surface area contributed by atoms with Crippen molar-refractivity contribution in [2.24, 2.45) is 23.2 Å². The quantitative estimate of drug-likeness (QED) is 0.699. The van der Waals surface area contributed by atoms with Gasteiger partial charge in [-0.05, 0) is 73.7 Å². The van der Waals surface area contributed by atoms with Gasteiger partial charge in [0, 0.05) is 0 Å². The molecule has 0 radical (unpaired) electrons. The molecular weight excluding hydrogens is 204 g/mol. The topological polar surface area (TPSA) is 0 Å². The maximum absolute atomic E-state index is 2.33. The molecule has 0 saturated heterocycles. The molecule has 0 heteroatoms. The van der Waals surface area contributed by atoms with E-state index >= 15 is 0 Å². The Bertz CT molecular complexity index is 368. The van der Waals surface area contributed by atoms with Crippen LogP contribution in [-0.4, -0.2) is 0 Å². The predicted molar refractivity (Wildman–Crippen MR) is 70.8 cm³/mol. The third-order valence-corrected chi connectivity index (χ3v) is 5.59. The molecule has 0 nitrogen and oxygen atoms in total. The number of hydrogen-bond acceptors (Lipinski definition) is 0. The SMILES string of the molecule is c1ccc(CC23CC4CC(CC(C4)C2)C3)cc1. The van der Waals surface area contributed by atoms with Crippen molar-refractivity contribution in [2.75, 3.05) is 0 Å². The van der Waals surface area contributed by atoms with Crippen LogP contribution in [0, 0.1) is 23.2 Å². The monoisotopic (exact) mass is 226 g/mol. The van der Waals surface area contributed by atoms with E-state index in [4.69, 9.17) is 0 Å². The second-order valence-corrected chi connectivity index (χ2v) is 7.08. The van der Waals surface area contributed by atoms with E-state index in [2.05, 4.69) is 30.3 Å². The molecule has 0 aliphatic heterocycles. The molecule has 0 atom stereocenters. The summed E-state index contributed by atoms with van der Waals surface area (Å²) >= 11 is 0. The maximum Gasteiger partial charge on any atom is -0.0222 e. The Hall–Kier alpha value is -0.780. The first kappa shape index (κ1) is 10.2. The summed E-state index contributed by atoms with van der Waals surface area (Å²) in [6, 6.07) is 11.2. The zero-order chi connectivity index (χ0) is 11.3. The van der Waals surface area contributed by atoms with Gasteiger partial charge in [-0.3, -0.25) is 0 Å². The highest BCUT2D eigenvalue weighted by Crippen LogP contribution is 2.60. The lowest BCUT2D eigenvalue weighted by Gasteiger charge is -2.57. The number of rotatable bonds is 2. The molecule has 0 amide bonds. The first-order chi connectivity index (χ1) is 8.31. The second kappa shape index (κ2) is 3.60. The molecule has 17 heavy (non-hydrogen) atoms. The predicted octanol–water partition coefficient (Wildman–Crippen LogP) is 4.45. The van der Waals surface area contributed by atoms with Crippen LogP contribution < -0.4 is 0 Å². The van der Waals surface area contributed by atoms with Crippen molar-refractivity contribution >= 4 is 0 Å². The van der Waals surface area contributed by atoms with E-state index in [-0.39, 0.29) is 0 Å². The summed E-state index contributed by atoms with van der Waals surface area (Å²) in [5, 5.41) is 0. The molecular formula is C17H22. The van der Waals surface area contributed by atoms with Crippen LogP contribution in [0.4, 0.5) is 0 Å². The van der Waals surface area contributed by atoms with Gasteiger partial charge in [0.25, 0.3) is 0 Å². The van der Waals surface area contributed by atoms with Gasteiger partial charge in [-0.25, -0.2) is 0 Å². The highest BCUT2D eigenvalue weighted by atomic mass is 14.5. The Labute approximate surface area is 104 Å². The molecule has 0 heterocycles. The van der Waals surface area contributed by atoms with E-state index in [0.29, 0.717) is 5.41 Å². The average molecular weight is 226 g/mol. The Morgan fingerprint density at radius 1 is 0.824 bits per heavy atom. The van der Waals surface area contributed by atoms with Gasteiger partial charge >= 0.3 is 0 Å². The summed E-state index contributed by atoms with van der Waals surface area (Å²) < 4.78 is 0. The molecule has 1 aromatic carbocycles. The largest absolute Gasteiger partial charge is 0.0622 e. The van der Waals surface area contributed by atoms with Crippen LogP contribution in [0.3, 0.4) is 0 Å². The summed E-state index contributed by atoms with van der Waals surface area (Å²) in [6.45, 7) is 0. The first-order valence-electron chi connectivity index (χ1n) is 7.35. The Kier molecular flexibility index (Phi) is 2.16. The second-order valence-electron chi connectivity index (χ2n) is 7.08. The minimum absolute atomic E-state index is 0.704. The van der Waals surface area contributed by atoms with Crippen LogP contribution in [0.15, 0.2) is 30.3 Å². The minimum atomic E-state index is 0.704. The molecule has 0 aromatic heterocycles. The molecule has 0 N–H and O–H groups in total. The molecule has 0 unspecified atom stereocenters. The van der Waals surface area contributed by atoms with E-state index in [0.717, 1.165) is 17.8 Å². The molecule has 4 bridgehead atoms. The van der Waals surface area contributed by atoms with Gasteiger partial charge in [0.05, 0.1) is 0 Å². The fourth-order valence-electron chi connectivity index (χ4n) is 5.54. The van der Waals surface area contributed by atoms with Crippen molar-refractivity contribution in [3.63, 3.8) is 0 Å². The van der Waals surface area contributed by atoms with Crippen molar-refractivity contribution in [3.05, 3.63) is 35.9 Å². The first-order valence-corrected chi connectivity index (χ1v) is 7.35. The molecule has 4 saturated carbocycles.